The van der Waals surface area contributed by atoms with Gasteiger partial charge in [-0.3, -0.25) is 4.57 Å². The zero-order valence-electron chi connectivity index (χ0n) is 14.6. The number of halogens is 3. The number of nitrogens with zero attached hydrogens (tertiary/aromatic N) is 2. The lowest BCUT2D eigenvalue weighted by molar-refractivity contribution is 0.0667. The monoisotopic (exact) mass is 347 g/mol. The summed E-state index contributed by atoms with van der Waals surface area (Å²) in [5, 5.41) is 0.896. The predicted molar refractivity (Wildman–Crippen MR) is 93.8 cm³/mol. The van der Waals surface area contributed by atoms with E-state index in [1.165, 1.54) is 6.07 Å². The molecule has 3 aromatic rings. The molecule has 0 amide bonds. The lowest BCUT2D eigenvalue weighted by Crippen LogP contribution is -2.36. The summed E-state index contributed by atoms with van der Waals surface area (Å²) in [4.78, 5) is 3.84. The van der Waals surface area contributed by atoms with E-state index < -0.39 is 12.4 Å². The highest BCUT2D eigenvalue weighted by Crippen LogP contribution is 2.31. The molecular formula is C18H19BF3N2O. The van der Waals surface area contributed by atoms with E-state index in [9.17, 15) is 13.2 Å². The van der Waals surface area contributed by atoms with Crippen LogP contribution in [0.25, 0.3) is 21.9 Å². The van der Waals surface area contributed by atoms with E-state index >= 15 is 0 Å². The summed E-state index contributed by atoms with van der Waals surface area (Å²) in [7, 11) is 1.57. The summed E-state index contributed by atoms with van der Waals surface area (Å²) in [6, 6.07) is 6.29. The van der Waals surface area contributed by atoms with Crippen LogP contribution in [0.5, 0.6) is 0 Å². The number of pyridine rings is 1. The normalized spacial score (nSPS) is 12.7. The van der Waals surface area contributed by atoms with Crippen molar-refractivity contribution in [2.45, 2.75) is 39.8 Å². The van der Waals surface area contributed by atoms with Gasteiger partial charge in [0.25, 0.3) is 0 Å². The Balaban J connectivity index is 2.08. The molecule has 0 atom stereocenters. The summed E-state index contributed by atoms with van der Waals surface area (Å²) >= 11 is 0. The number of fused-ring (bicyclic) bond motifs is 3. The van der Waals surface area contributed by atoms with Gasteiger partial charge in [-0.1, -0.05) is 31.4 Å². The Morgan fingerprint density at radius 3 is 2.52 bits per heavy atom. The van der Waals surface area contributed by atoms with Gasteiger partial charge in [0.1, 0.15) is 11.5 Å². The summed E-state index contributed by atoms with van der Waals surface area (Å²) in [6.45, 7) is 5.25. The molecule has 2 heterocycles. The quantitative estimate of drug-likeness (QED) is 0.639. The molecule has 25 heavy (non-hydrogen) atoms. The van der Waals surface area contributed by atoms with Crippen LogP contribution >= 0.6 is 0 Å². The van der Waals surface area contributed by atoms with Crippen molar-refractivity contribution in [1.29, 1.82) is 0 Å². The van der Waals surface area contributed by atoms with Crippen molar-refractivity contribution < 1.29 is 17.8 Å². The van der Waals surface area contributed by atoms with Gasteiger partial charge >= 0.3 is 14.0 Å². The standard InChI is InChI=1S/C18H19BF3N2O/c1-10(2)18(3,4)25-19-11-5-6-13-14-8-12(20)9-23-16(14)24(17(21)22)15(13)7-11/h5-10,17H,1-4H3. The third-order valence-corrected chi connectivity index (χ3v) is 4.72. The van der Waals surface area contributed by atoms with Gasteiger partial charge in [0.15, 0.2) is 0 Å². The first-order valence-corrected chi connectivity index (χ1v) is 8.09. The zero-order chi connectivity index (χ0) is 18.4. The number of hydrogen-bond acceptors (Lipinski definition) is 2. The predicted octanol–water partition coefficient (Wildman–Crippen LogP) is 4.42. The van der Waals surface area contributed by atoms with Crippen LogP contribution in [-0.4, -0.2) is 22.6 Å². The molecule has 7 heteroatoms. The Bertz CT molecular complexity index is 921. The molecule has 0 bridgehead atoms. The molecule has 0 aliphatic rings. The third-order valence-electron chi connectivity index (χ3n) is 4.72. The fraction of sp³-hybridized carbons (Fsp3) is 0.389. The van der Waals surface area contributed by atoms with Crippen molar-refractivity contribution in [2.24, 2.45) is 5.92 Å². The summed E-state index contributed by atoms with van der Waals surface area (Å²) in [6.07, 6.45) is 0.946. The highest BCUT2D eigenvalue weighted by molar-refractivity contribution is 6.47. The zero-order valence-corrected chi connectivity index (χ0v) is 14.6. The second-order valence-corrected chi connectivity index (χ2v) is 6.94. The largest absolute Gasteiger partial charge is 0.429 e. The minimum Gasteiger partial charge on any atom is -0.429 e. The van der Waals surface area contributed by atoms with Crippen LogP contribution in [0.3, 0.4) is 0 Å². The Morgan fingerprint density at radius 2 is 1.88 bits per heavy atom. The first kappa shape index (κ1) is 17.8. The molecule has 0 aliphatic carbocycles. The average Bonchev–Trinajstić information content (AvgIpc) is 2.86. The highest BCUT2D eigenvalue weighted by atomic mass is 19.3. The van der Waals surface area contributed by atoms with Gasteiger partial charge in [0.2, 0.25) is 0 Å². The number of hydrogen-bond donors (Lipinski definition) is 0. The van der Waals surface area contributed by atoms with E-state index in [0.717, 1.165) is 10.8 Å². The Morgan fingerprint density at radius 1 is 1.16 bits per heavy atom. The van der Waals surface area contributed by atoms with Gasteiger partial charge in [0.05, 0.1) is 11.7 Å². The van der Waals surface area contributed by atoms with Gasteiger partial charge in [0, 0.05) is 16.4 Å². The molecule has 0 fully saturated rings. The fourth-order valence-corrected chi connectivity index (χ4v) is 2.54. The molecule has 0 aliphatic heterocycles. The van der Waals surface area contributed by atoms with Gasteiger partial charge < -0.3 is 4.65 Å². The van der Waals surface area contributed by atoms with Gasteiger partial charge in [-0.15, -0.1) is 0 Å². The molecule has 0 saturated heterocycles. The average molecular weight is 347 g/mol. The second kappa shape index (κ2) is 6.37. The smallest absolute Gasteiger partial charge is 0.330 e. The van der Waals surface area contributed by atoms with Gasteiger partial charge in [-0.25, -0.2) is 9.37 Å². The maximum atomic E-state index is 13.6. The van der Waals surface area contributed by atoms with Gasteiger partial charge in [-0.05, 0) is 31.9 Å². The Kier molecular flexibility index (Phi) is 4.53. The topological polar surface area (TPSA) is 27.1 Å². The highest BCUT2D eigenvalue weighted by Gasteiger charge is 2.24. The molecule has 131 valence electrons. The van der Waals surface area contributed by atoms with Crippen molar-refractivity contribution in [1.82, 2.24) is 9.55 Å². The van der Waals surface area contributed by atoms with Crippen molar-refractivity contribution in [2.75, 3.05) is 0 Å². The Hall–Kier alpha value is -2.02. The van der Waals surface area contributed by atoms with Crippen LogP contribution in [0.1, 0.15) is 34.2 Å². The second-order valence-electron chi connectivity index (χ2n) is 6.94. The number of benzene rings is 1. The summed E-state index contributed by atoms with van der Waals surface area (Å²) in [5.41, 5.74) is 0.635. The van der Waals surface area contributed by atoms with E-state index in [4.69, 9.17) is 4.65 Å². The van der Waals surface area contributed by atoms with Crippen LogP contribution in [-0.2, 0) is 4.65 Å². The molecule has 2 aromatic heterocycles. The molecule has 0 spiro atoms. The lowest BCUT2D eigenvalue weighted by atomic mass is 9.84. The first-order chi connectivity index (χ1) is 11.7. The maximum Gasteiger partial charge on any atom is 0.330 e. The Labute approximate surface area is 145 Å². The number of rotatable bonds is 5. The fourth-order valence-electron chi connectivity index (χ4n) is 2.54. The van der Waals surface area contributed by atoms with E-state index in [2.05, 4.69) is 4.98 Å². The number of alkyl halides is 2. The molecule has 3 nitrogen and oxygen atoms in total. The first-order valence-electron chi connectivity index (χ1n) is 8.09. The van der Waals surface area contributed by atoms with E-state index in [1.807, 2.05) is 27.7 Å². The van der Waals surface area contributed by atoms with Crippen molar-refractivity contribution >= 4 is 34.9 Å². The van der Waals surface area contributed by atoms with Crippen molar-refractivity contribution in [3.63, 3.8) is 0 Å². The van der Waals surface area contributed by atoms with E-state index in [-0.39, 0.29) is 17.2 Å². The molecule has 1 aromatic carbocycles. The van der Waals surface area contributed by atoms with Crippen LogP contribution < -0.4 is 5.46 Å². The maximum absolute atomic E-state index is 13.6. The molecule has 0 saturated carbocycles. The minimum absolute atomic E-state index is 0.0620. The molecule has 3 rings (SSSR count). The third kappa shape index (κ3) is 3.25. The molecule has 1 radical (unpaired) electrons. The van der Waals surface area contributed by atoms with Gasteiger partial charge in [-0.2, -0.15) is 8.78 Å². The van der Waals surface area contributed by atoms with Crippen LogP contribution in [0.4, 0.5) is 13.2 Å². The summed E-state index contributed by atoms with van der Waals surface area (Å²) < 4.78 is 47.3. The molecule has 0 unspecified atom stereocenters. The van der Waals surface area contributed by atoms with Crippen molar-refractivity contribution in [3.8, 4) is 0 Å². The minimum atomic E-state index is -2.78. The van der Waals surface area contributed by atoms with Crippen LogP contribution in [0.15, 0.2) is 30.5 Å². The molecular weight excluding hydrogens is 328 g/mol. The van der Waals surface area contributed by atoms with Crippen LogP contribution in [0.2, 0.25) is 0 Å². The van der Waals surface area contributed by atoms with E-state index in [1.54, 1.807) is 25.7 Å². The van der Waals surface area contributed by atoms with Crippen molar-refractivity contribution in [3.05, 3.63) is 36.3 Å². The lowest BCUT2D eigenvalue weighted by Gasteiger charge is -2.30. The number of aromatic nitrogens is 2. The summed E-state index contributed by atoms with van der Waals surface area (Å²) in [5.74, 6) is -0.273. The molecule has 0 N–H and O–H groups in total. The van der Waals surface area contributed by atoms with E-state index in [0.29, 0.717) is 21.8 Å². The SMILES string of the molecule is CC(C)C(C)(C)O[B]c1ccc2c3cc(F)cnc3n(C(F)F)c2c1. The van der Waals surface area contributed by atoms with Crippen LogP contribution in [0, 0.1) is 11.7 Å².